The number of carboxylic acid groups (broad SMARTS) is 1. The zero-order valence-electron chi connectivity index (χ0n) is 10.9. The number of carboxylic acids is 1. The number of urea groups is 1. The lowest BCUT2D eigenvalue weighted by Crippen LogP contribution is -2.35. The Morgan fingerprint density at radius 1 is 1.45 bits per heavy atom. The quantitative estimate of drug-likeness (QED) is 0.780. The number of benzene rings is 1. The molecule has 0 heterocycles. The number of aromatic carboxylic acids is 1. The van der Waals surface area contributed by atoms with Gasteiger partial charge in [0.05, 0.1) is 5.56 Å². The van der Waals surface area contributed by atoms with Crippen LogP contribution in [0.15, 0.2) is 18.2 Å². The maximum atomic E-state index is 13.2. The summed E-state index contributed by atoms with van der Waals surface area (Å²) in [7, 11) is 0. The molecule has 7 heteroatoms. The molecule has 20 heavy (non-hydrogen) atoms. The number of carbonyl (C=O) groups excluding carboxylic acids is 1. The van der Waals surface area contributed by atoms with Crippen LogP contribution in [0.1, 0.15) is 23.2 Å². The molecule has 108 valence electrons. The highest BCUT2D eigenvalue weighted by Gasteiger charge is 2.41. The molecule has 0 bridgehead atoms. The van der Waals surface area contributed by atoms with E-state index < -0.39 is 23.4 Å². The van der Waals surface area contributed by atoms with E-state index in [1.54, 1.807) is 11.8 Å². The SMILES string of the molecule is CSC1(CNC(=O)Nc2ccc(F)c(C(=O)O)c2)CC1. The summed E-state index contributed by atoms with van der Waals surface area (Å²) in [5.41, 5.74) is -0.221. The Kier molecular flexibility index (Phi) is 4.17. The molecule has 0 saturated heterocycles. The second-order valence-electron chi connectivity index (χ2n) is 4.69. The molecule has 0 aromatic heterocycles. The molecule has 5 nitrogen and oxygen atoms in total. The van der Waals surface area contributed by atoms with Gasteiger partial charge in [0.1, 0.15) is 5.82 Å². The van der Waals surface area contributed by atoms with E-state index in [2.05, 4.69) is 10.6 Å². The zero-order valence-corrected chi connectivity index (χ0v) is 11.7. The Morgan fingerprint density at radius 3 is 2.70 bits per heavy atom. The minimum absolute atomic E-state index is 0.145. The van der Waals surface area contributed by atoms with E-state index in [0.717, 1.165) is 25.0 Å². The van der Waals surface area contributed by atoms with Gasteiger partial charge in [-0.05, 0) is 37.3 Å². The third-order valence-electron chi connectivity index (χ3n) is 3.27. The fourth-order valence-electron chi connectivity index (χ4n) is 1.78. The molecule has 1 aromatic carbocycles. The van der Waals surface area contributed by atoms with E-state index in [4.69, 9.17) is 5.11 Å². The number of rotatable bonds is 5. The first-order valence-corrected chi connectivity index (χ1v) is 7.31. The van der Waals surface area contributed by atoms with Crippen molar-refractivity contribution in [2.75, 3.05) is 18.1 Å². The Balaban J connectivity index is 1.94. The maximum Gasteiger partial charge on any atom is 0.338 e. The maximum absolute atomic E-state index is 13.2. The molecule has 1 saturated carbocycles. The van der Waals surface area contributed by atoms with Crippen molar-refractivity contribution in [2.45, 2.75) is 17.6 Å². The first-order chi connectivity index (χ1) is 9.46. The summed E-state index contributed by atoms with van der Waals surface area (Å²) in [4.78, 5) is 22.5. The van der Waals surface area contributed by atoms with Crippen molar-refractivity contribution in [3.8, 4) is 0 Å². The van der Waals surface area contributed by atoms with Crippen molar-refractivity contribution >= 4 is 29.4 Å². The van der Waals surface area contributed by atoms with Crippen LogP contribution >= 0.6 is 11.8 Å². The van der Waals surface area contributed by atoms with Gasteiger partial charge in [0.2, 0.25) is 0 Å². The van der Waals surface area contributed by atoms with Gasteiger partial charge >= 0.3 is 12.0 Å². The van der Waals surface area contributed by atoms with Crippen molar-refractivity contribution in [3.63, 3.8) is 0 Å². The van der Waals surface area contributed by atoms with E-state index in [0.29, 0.717) is 6.54 Å². The third-order valence-corrected chi connectivity index (χ3v) is 4.69. The molecule has 1 fully saturated rings. The molecule has 0 aliphatic heterocycles. The molecule has 0 spiro atoms. The van der Waals surface area contributed by atoms with Crippen LogP contribution in [0.5, 0.6) is 0 Å². The Hall–Kier alpha value is -1.76. The summed E-state index contributed by atoms with van der Waals surface area (Å²) in [5, 5.41) is 14.0. The molecule has 2 amide bonds. The molecule has 3 N–H and O–H groups in total. The summed E-state index contributed by atoms with van der Waals surface area (Å²) < 4.78 is 13.3. The fraction of sp³-hybridized carbons (Fsp3) is 0.385. The molecule has 1 aliphatic carbocycles. The van der Waals surface area contributed by atoms with Gasteiger partial charge in [0.25, 0.3) is 0 Å². The van der Waals surface area contributed by atoms with E-state index in [1.807, 2.05) is 6.26 Å². The minimum Gasteiger partial charge on any atom is -0.478 e. The van der Waals surface area contributed by atoms with E-state index in [9.17, 15) is 14.0 Å². The molecular weight excluding hydrogens is 283 g/mol. The van der Waals surface area contributed by atoms with E-state index >= 15 is 0 Å². The summed E-state index contributed by atoms with van der Waals surface area (Å²) >= 11 is 1.73. The number of halogens is 1. The van der Waals surface area contributed by atoms with E-state index in [-0.39, 0.29) is 10.4 Å². The number of thioether (sulfide) groups is 1. The largest absolute Gasteiger partial charge is 0.478 e. The first-order valence-electron chi connectivity index (χ1n) is 6.09. The van der Waals surface area contributed by atoms with Crippen LogP contribution in [0.4, 0.5) is 14.9 Å². The molecule has 0 radical (unpaired) electrons. The number of nitrogens with one attached hydrogen (secondary N) is 2. The molecule has 1 aromatic rings. The summed E-state index contributed by atoms with van der Waals surface area (Å²) in [6.45, 7) is 0.562. The second kappa shape index (κ2) is 5.70. The number of carbonyl (C=O) groups is 2. The monoisotopic (exact) mass is 298 g/mol. The third kappa shape index (κ3) is 3.41. The first kappa shape index (κ1) is 14.6. The standard InChI is InChI=1S/C13H15FN2O3S/c1-20-13(4-5-13)7-15-12(19)16-8-2-3-10(14)9(6-8)11(17)18/h2-3,6H,4-5,7H2,1H3,(H,17,18)(H2,15,16,19). The van der Waals surface area contributed by atoms with Gasteiger partial charge in [-0.15, -0.1) is 0 Å². The Bertz CT molecular complexity index is 546. The zero-order chi connectivity index (χ0) is 14.8. The van der Waals surface area contributed by atoms with Crippen LogP contribution in [0.2, 0.25) is 0 Å². The average molecular weight is 298 g/mol. The highest BCUT2D eigenvalue weighted by molar-refractivity contribution is 8.00. The van der Waals surface area contributed by atoms with Crippen molar-refractivity contribution < 1.29 is 19.1 Å². The van der Waals surface area contributed by atoms with E-state index in [1.165, 1.54) is 6.07 Å². The molecule has 0 atom stereocenters. The normalized spacial score (nSPS) is 15.5. The summed E-state index contributed by atoms with van der Waals surface area (Å²) in [5.74, 6) is -2.20. The van der Waals surface area contributed by atoms with Crippen LogP contribution in [-0.4, -0.2) is 34.7 Å². The van der Waals surface area contributed by atoms with Crippen molar-refractivity contribution in [3.05, 3.63) is 29.6 Å². The Morgan fingerprint density at radius 2 is 2.15 bits per heavy atom. The molecule has 1 aliphatic rings. The van der Waals surface area contributed by atoms with Crippen LogP contribution in [0.3, 0.4) is 0 Å². The molecule has 2 rings (SSSR count). The van der Waals surface area contributed by atoms with Gasteiger partial charge in [-0.25, -0.2) is 14.0 Å². The number of amides is 2. The van der Waals surface area contributed by atoms with Gasteiger partial charge < -0.3 is 15.7 Å². The van der Waals surface area contributed by atoms with Gasteiger partial charge in [-0.1, -0.05) is 0 Å². The second-order valence-corrected chi connectivity index (χ2v) is 5.97. The minimum atomic E-state index is -1.37. The van der Waals surface area contributed by atoms with Crippen LogP contribution in [-0.2, 0) is 0 Å². The molecule has 0 unspecified atom stereocenters. The Labute approximate surface area is 119 Å². The average Bonchev–Trinajstić information content (AvgIpc) is 3.19. The van der Waals surface area contributed by atoms with Crippen molar-refractivity contribution in [2.24, 2.45) is 0 Å². The van der Waals surface area contributed by atoms with Gasteiger partial charge in [0, 0.05) is 17.0 Å². The van der Waals surface area contributed by atoms with Gasteiger partial charge in [0.15, 0.2) is 0 Å². The number of anilines is 1. The van der Waals surface area contributed by atoms with Crippen LogP contribution < -0.4 is 10.6 Å². The summed E-state index contributed by atoms with van der Waals surface area (Å²) in [6, 6.07) is 3.01. The van der Waals surface area contributed by atoms with Crippen LogP contribution in [0.25, 0.3) is 0 Å². The predicted molar refractivity (Wildman–Crippen MR) is 75.9 cm³/mol. The topological polar surface area (TPSA) is 78.4 Å². The lowest BCUT2D eigenvalue weighted by atomic mass is 10.2. The number of hydrogen-bond donors (Lipinski definition) is 3. The van der Waals surface area contributed by atoms with Gasteiger partial charge in [-0.2, -0.15) is 11.8 Å². The van der Waals surface area contributed by atoms with Crippen LogP contribution in [0, 0.1) is 5.82 Å². The van der Waals surface area contributed by atoms with Crippen molar-refractivity contribution in [1.29, 1.82) is 0 Å². The number of hydrogen-bond acceptors (Lipinski definition) is 3. The lowest BCUT2D eigenvalue weighted by Gasteiger charge is -2.14. The van der Waals surface area contributed by atoms with Crippen molar-refractivity contribution in [1.82, 2.24) is 5.32 Å². The summed E-state index contributed by atoms with van der Waals surface area (Å²) in [6.07, 6.45) is 4.16. The predicted octanol–water partition coefficient (Wildman–Crippen LogP) is 2.54. The van der Waals surface area contributed by atoms with Gasteiger partial charge in [-0.3, -0.25) is 0 Å². The lowest BCUT2D eigenvalue weighted by molar-refractivity contribution is 0.0692. The molecular formula is C13H15FN2O3S. The highest BCUT2D eigenvalue weighted by Crippen LogP contribution is 2.46. The fourth-order valence-corrected chi connectivity index (χ4v) is 2.50. The highest BCUT2D eigenvalue weighted by atomic mass is 32.2. The smallest absolute Gasteiger partial charge is 0.338 e.